The molecule has 1 unspecified atom stereocenters. The summed E-state index contributed by atoms with van der Waals surface area (Å²) >= 11 is 0. The summed E-state index contributed by atoms with van der Waals surface area (Å²) < 4.78 is 23.7. The molecule has 6 heteroatoms. The van der Waals surface area contributed by atoms with Gasteiger partial charge in [-0.3, -0.25) is 4.79 Å². The zero-order valence-electron chi connectivity index (χ0n) is 9.26. The summed E-state index contributed by atoms with van der Waals surface area (Å²) in [5, 5.41) is 0. The Bertz CT molecular complexity index is 543. The smallest absolute Gasteiger partial charge is 0.274 e. The van der Waals surface area contributed by atoms with E-state index in [0.717, 1.165) is 9.87 Å². The number of nitrogens with zero attached hydrogens (tertiary/aromatic N) is 1. The molecule has 1 atom stereocenters. The van der Waals surface area contributed by atoms with Gasteiger partial charge >= 0.3 is 9.24 Å². The Morgan fingerprint density at radius 1 is 1.35 bits per heavy atom. The van der Waals surface area contributed by atoms with E-state index in [0.29, 0.717) is 6.42 Å². The highest BCUT2D eigenvalue weighted by Gasteiger charge is 2.56. The lowest BCUT2D eigenvalue weighted by Crippen LogP contribution is -2.61. The first-order valence-corrected chi connectivity index (χ1v) is 7.52. The quantitative estimate of drug-likeness (QED) is 0.625. The van der Waals surface area contributed by atoms with Gasteiger partial charge in [-0.15, -0.1) is 0 Å². The van der Waals surface area contributed by atoms with Crippen LogP contribution in [0.3, 0.4) is 0 Å². The highest BCUT2D eigenvalue weighted by molar-refractivity contribution is 8.12. The molecule has 1 amide bonds. The summed E-state index contributed by atoms with van der Waals surface area (Å²) in [6.07, 6.45) is 0.689. The van der Waals surface area contributed by atoms with Gasteiger partial charge in [-0.05, 0) is 12.0 Å². The number of β-lactam (4-membered cyclic amide) rings is 1. The molecule has 4 nitrogen and oxygen atoms in total. The van der Waals surface area contributed by atoms with Crippen LogP contribution in [0.2, 0.25) is 0 Å². The van der Waals surface area contributed by atoms with Gasteiger partial charge in [0.25, 0.3) is 0 Å². The first kappa shape index (κ1) is 12.4. The first-order chi connectivity index (χ1) is 7.92. The molecule has 0 aromatic heterocycles. The Hall–Kier alpha value is -1.07. The number of amides is 1. The van der Waals surface area contributed by atoms with Crippen molar-refractivity contribution in [2.45, 2.75) is 25.3 Å². The molecule has 1 aliphatic heterocycles. The summed E-state index contributed by atoms with van der Waals surface area (Å²) in [6, 6.07) is 9.09. The molecule has 1 aliphatic rings. The third-order valence-corrected chi connectivity index (χ3v) is 4.58. The molecule has 92 valence electrons. The number of benzene rings is 1. The SMILES string of the molecule is CCC1(c2ccccc2)CC(=O)N1S(=O)(=O)Cl. The number of carbonyl (C=O) groups is 1. The van der Waals surface area contributed by atoms with Crippen molar-refractivity contribution < 1.29 is 13.2 Å². The maximum Gasteiger partial charge on any atom is 0.324 e. The van der Waals surface area contributed by atoms with E-state index in [1.54, 1.807) is 0 Å². The first-order valence-electron chi connectivity index (χ1n) is 5.25. The van der Waals surface area contributed by atoms with Crippen LogP contribution in [0.5, 0.6) is 0 Å². The van der Waals surface area contributed by atoms with Crippen molar-refractivity contribution in [2.75, 3.05) is 0 Å². The molecule has 1 aromatic rings. The number of hydrogen-bond acceptors (Lipinski definition) is 3. The van der Waals surface area contributed by atoms with Gasteiger partial charge in [0.1, 0.15) is 0 Å². The van der Waals surface area contributed by atoms with Crippen LogP contribution >= 0.6 is 10.7 Å². The van der Waals surface area contributed by atoms with Crippen LogP contribution in [-0.2, 0) is 19.6 Å². The fourth-order valence-electron chi connectivity index (χ4n) is 2.31. The predicted octanol–water partition coefficient (Wildman–Crippen LogP) is 2.01. The second-order valence-corrected chi connectivity index (χ2v) is 6.39. The summed E-state index contributed by atoms with van der Waals surface area (Å²) in [7, 11) is 1.29. The average Bonchev–Trinajstić information content (AvgIpc) is 2.24. The second-order valence-electron chi connectivity index (χ2n) is 4.03. The zero-order chi connectivity index (χ0) is 12.7. The zero-order valence-corrected chi connectivity index (χ0v) is 10.8. The van der Waals surface area contributed by atoms with E-state index in [4.69, 9.17) is 10.7 Å². The van der Waals surface area contributed by atoms with Gasteiger partial charge < -0.3 is 0 Å². The standard InChI is InChI=1S/C11H12ClNO3S/c1-2-11(9-6-4-3-5-7-9)8-10(14)13(11)17(12,15)16/h3-7H,2,8H2,1H3. The van der Waals surface area contributed by atoms with Crippen LogP contribution in [0.25, 0.3) is 0 Å². The fourth-order valence-corrected chi connectivity index (χ4v) is 3.96. The minimum absolute atomic E-state index is 0.180. The molecule has 1 saturated heterocycles. The van der Waals surface area contributed by atoms with Gasteiger partial charge in [-0.2, -0.15) is 8.42 Å². The van der Waals surface area contributed by atoms with Crippen LogP contribution in [0.1, 0.15) is 25.3 Å². The number of hydrogen-bond donors (Lipinski definition) is 0. The molecule has 0 N–H and O–H groups in total. The molecule has 0 radical (unpaired) electrons. The maximum absolute atomic E-state index is 11.5. The minimum atomic E-state index is -4.03. The summed E-state index contributed by atoms with van der Waals surface area (Å²) in [4.78, 5) is 11.5. The lowest BCUT2D eigenvalue weighted by atomic mass is 9.78. The van der Waals surface area contributed by atoms with Gasteiger partial charge in [-0.1, -0.05) is 37.3 Å². The number of carbonyl (C=O) groups excluding carboxylic acids is 1. The van der Waals surface area contributed by atoms with Crippen LogP contribution in [-0.4, -0.2) is 18.6 Å². The second kappa shape index (κ2) is 3.99. The van der Waals surface area contributed by atoms with Crippen LogP contribution in [0.4, 0.5) is 0 Å². The molecule has 0 aliphatic carbocycles. The summed E-state index contributed by atoms with van der Waals surface area (Å²) in [5.74, 6) is -0.453. The Morgan fingerprint density at radius 3 is 2.35 bits per heavy atom. The number of halogens is 1. The molecule has 0 spiro atoms. The average molecular weight is 274 g/mol. The van der Waals surface area contributed by atoms with E-state index >= 15 is 0 Å². The van der Waals surface area contributed by atoms with Crippen molar-refractivity contribution in [1.29, 1.82) is 0 Å². The van der Waals surface area contributed by atoms with Crippen molar-refractivity contribution in [3.8, 4) is 0 Å². The van der Waals surface area contributed by atoms with Gasteiger partial charge in [0.15, 0.2) is 0 Å². The van der Waals surface area contributed by atoms with Crippen molar-refractivity contribution in [3.05, 3.63) is 35.9 Å². The lowest BCUT2D eigenvalue weighted by molar-refractivity contribution is -0.146. The van der Waals surface area contributed by atoms with Gasteiger partial charge in [0.05, 0.1) is 12.0 Å². The van der Waals surface area contributed by atoms with Crippen molar-refractivity contribution >= 4 is 25.8 Å². The summed E-state index contributed by atoms with van der Waals surface area (Å²) in [6.45, 7) is 1.84. The molecule has 1 aromatic carbocycles. The Balaban J connectivity index is 2.51. The molecule has 2 rings (SSSR count). The van der Waals surface area contributed by atoms with E-state index in [2.05, 4.69) is 0 Å². The fraction of sp³-hybridized carbons (Fsp3) is 0.364. The highest BCUT2D eigenvalue weighted by Crippen LogP contribution is 2.46. The molecule has 1 fully saturated rings. The lowest BCUT2D eigenvalue weighted by Gasteiger charge is -2.49. The molecule has 0 bridgehead atoms. The summed E-state index contributed by atoms with van der Waals surface area (Å²) in [5.41, 5.74) is -0.00910. The van der Waals surface area contributed by atoms with Crippen molar-refractivity contribution in [2.24, 2.45) is 0 Å². The van der Waals surface area contributed by atoms with Crippen molar-refractivity contribution in [1.82, 2.24) is 4.31 Å². The Labute approximate surface area is 105 Å². The Morgan fingerprint density at radius 2 is 1.94 bits per heavy atom. The highest BCUT2D eigenvalue weighted by atomic mass is 35.7. The molecule has 0 saturated carbocycles. The monoisotopic (exact) mass is 273 g/mol. The maximum atomic E-state index is 11.5. The van der Waals surface area contributed by atoms with E-state index in [1.807, 2.05) is 37.3 Å². The Kier molecular flexibility index (Phi) is 2.91. The van der Waals surface area contributed by atoms with Gasteiger partial charge in [0, 0.05) is 10.7 Å². The van der Waals surface area contributed by atoms with Gasteiger partial charge in [-0.25, -0.2) is 4.31 Å². The molecule has 1 heterocycles. The third kappa shape index (κ3) is 1.83. The van der Waals surface area contributed by atoms with E-state index < -0.39 is 20.7 Å². The number of rotatable bonds is 3. The molecular weight excluding hydrogens is 262 g/mol. The molecular formula is C11H12ClNO3S. The van der Waals surface area contributed by atoms with E-state index in [1.165, 1.54) is 0 Å². The van der Waals surface area contributed by atoms with Crippen molar-refractivity contribution in [3.63, 3.8) is 0 Å². The van der Waals surface area contributed by atoms with E-state index in [9.17, 15) is 13.2 Å². The normalized spacial score (nSPS) is 24.6. The van der Waals surface area contributed by atoms with Crippen LogP contribution < -0.4 is 0 Å². The minimum Gasteiger partial charge on any atom is -0.274 e. The van der Waals surface area contributed by atoms with E-state index in [-0.39, 0.29) is 6.42 Å². The van der Waals surface area contributed by atoms with Gasteiger partial charge in [0.2, 0.25) is 5.91 Å². The predicted molar refractivity (Wildman–Crippen MR) is 64.6 cm³/mol. The molecule has 17 heavy (non-hydrogen) atoms. The third-order valence-electron chi connectivity index (χ3n) is 3.17. The topological polar surface area (TPSA) is 54.5 Å². The van der Waals surface area contributed by atoms with Crippen LogP contribution in [0.15, 0.2) is 30.3 Å². The largest absolute Gasteiger partial charge is 0.324 e. The van der Waals surface area contributed by atoms with Crippen LogP contribution in [0, 0.1) is 0 Å².